The van der Waals surface area contributed by atoms with Crippen molar-refractivity contribution in [3.8, 4) is 0 Å². The van der Waals surface area contributed by atoms with E-state index < -0.39 is 16.4 Å². The van der Waals surface area contributed by atoms with E-state index in [1.807, 2.05) is 0 Å². The van der Waals surface area contributed by atoms with E-state index in [2.05, 4.69) is 10.2 Å². The molecule has 2 aliphatic heterocycles. The highest BCUT2D eigenvalue weighted by Gasteiger charge is 2.36. The predicted molar refractivity (Wildman–Crippen MR) is 72.9 cm³/mol. The largest absolute Gasteiger partial charge is 0.308 e. The number of fused-ring (bicyclic) bond motifs is 1. The monoisotopic (exact) mass is 279 g/mol. The minimum atomic E-state index is -0.716. The number of nitrogens with zero attached hydrogens (tertiary/aromatic N) is 2. The van der Waals surface area contributed by atoms with E-state index in [0.29, 0.717) is 24.2 Å². The molecule has 1 aromatic carbocycles. The highest BCUT2D eigenvalue weighted by Crippen LogP contribution is 2.28. The van der Waals surface area contributed by atoms with Crippen molar-refractivity contribution in [2.45, 2.75) is 37.9 Å². The summed E-state index contributed by atoms with van der Waals surface area (Å²) in [6.07, 6.45) is 3.49. The topological polar surface area (TPSA) is 58.4 Å². The third kappa shape index (κ3) is 2.41. The molecule has 2 fully saturated rings. The van der Waals surface area contributed by atoms with Crippen LogP contribution in [0.25, 0.3) is 0 Å². The number of hydrogen-bond acceptors (Lipinski definition) is 4. The lowest BCUT2D eigenvalue weighted by molar-refractivity contribution is -0.387. The van der Waals surface area contributed by atoms with Crippen molar-refractivity contribution in [3.63, 3.8) is 0 Å². The van der Waals surface area contributed by atoms with E-state index >= 15 is 0 Å². The second-order valence-corrected chi connectivity index (χ2v) is 5.53. The van der Waals surface area contributed by atoms with Gasteiger partial charge in [-0.25, -0.2) is 0 Å². The first-order chi connectivity index (χ1) is 9.66. The standard InChI is InChI=1S/C14H18FN3O2/c15-14-10(3-1-4-13(14)18(19)20)9-16-11-6-8-17-7-2-5-12(11)17/h1,3-4,11-12,16H,2,5-9H2. The van der Waals surface area contributed by atoms with Crippen molar-refractivity contribution in [1.29, 1.82) is 0 Å². The van der Waals surface area contributed by atoms with E-state index in [-0.39, 0.29) is 0 Å². The Kier molecular flexibility index (Phi) is 3.67. The second kappa shape index (κ2) is 5.46. The number of benzene rings is 1. The molecule has 0 aliphatic carbocycles. The van der Waals surface area contributed by atoms with Crippen molar-refractivity contribution < 1.29 is 9.31 Å². The minimum absolute atomic E-state index is 0.350. The van der Waals surface area contributed by atoms with Crippen LogP contribution in [0.1, 0.15) is 24.8 Å². The Hall–Kier alpha value is -1.53. The van der Waals surface area contributed by atoms with Crippen molar-refractivity contribution in [3.05, 3.63) is 39.7 Å². The Morgan fingerprint density at radius 3 is 3.05 bits per heavy atom. The first-order valence-electron chi connectivity index (χ1n) is 7.06. The fraction of sp³-hybridized carbons (Fsp3) is 0.571. The Labute approximate surface area is 116 Å². The molecule has 2 saturated heterocycles. The van der Waals surface area contributed by atoms with Gasteiger partial charge in [-0.15, -0.1) is 0 Å². The van der Waals surface area contributed by atoms with Crippen LogP contribution in [0.3, 0.4) is 0 Å². The molecule has 3 rings (SSSR count). The van der Waals surface area contributed by atoms with Crippen LogP contribution >= 0.6 is 0 Å². The summed E-state index contributed by atoms with van der Waals surface area (Å²) in [4.78, 5) is 12.5. The summed E-state index contributed by atoms with van der Waals surface area (Å²) >= 11 is 0. The van der Waals surface area contributed by atoms with Gasteiger partial charge < -0.3 is 5.32 Å². The van der Waals surface area contributed by atoms with E-state index in [0.717, 1.165) is 19.5 Å². The summed E-state index contributed by atoms with van der Waals surface area (Å²) in [5.41, 5.74) is -0.0751. The molecule has 0 spiro atoms. The van der Waals surface area contributed by atoms with Gasteiger partial charge in [0.05, 0.1) is 4.92 Å². The smallest absolute Gasteiger partial charge is 0.305 e. The van der Waals surface area contributed by atoms with E-state index in [4.69, 9.17) is 0 Å². The fourth-order valence-corrected chi connectivity index (χ4v) is 3.41. The molecule has 1 aromatic rings. The summed E-state index contributed by atoms with van der Waals surface area (Å²) in [6.45, 7) is 2.61. The molecule has 1 N–H and O–H groups in total. The molecule has 2 unspecified atom stereocenters. The average molecular weight is 279 g/mol. The molecule has 6 heteroatoms. The lowest BCUT2D eigenvalue weighted by Gasteiger charge is -2.21. The molecular weight excluding hydrogens is 261 g/mol. The van der Waals surface area contributed by atoms with Crippen LogP contribution in [0.5, 0.6) is 0 Å². The molecule has 108 valence electrons. The molecule has 0 amide bonds. The van der Waals surface area contributed by atoms with Crippen LogP contribution in [0.15, 0.2) is 18.2 Å². The third-order valence-electron chi connectivity index (χ3n) is 4.42. The van der Waals surface area contributed by atoms with Gasteiger partial charge in [0.15, 0.2) is 0 Å². The highest BCUT2D eigenvalue weighted by molar-refractivity contribution is 5.36. The lowest BCUT2D eigenvalue weighted by Crippen LogP contribution is -2.38. The molecular formula is C14H18FN3O2. The van der Waals surface area contributed by atoms with E-state index in [1.54, 1.807) is 6.07 Å². The maximum Gasteiger partial charge on any atom is 0.305 e. The van der Waals surface area contributed by atoms with Crippen molar-refractivity contribution in [1.82, 2.24) is 10.2 Å². The summed E-state index contributed by atoms with van der Waals surface area (Å²) in [6, 6.07) is 5.27. The third-order valence-corrected chi connectivity index (χ3v) is 4.42. The van der Waals surface area contributed by atoms with Crippen LogP contribution in [0.4, 0.5) is 10.1 Å². The molecule has 2 atom stereocenters. The summed E-state index contributed by atoms with van der Waals surface area (Å²) < 4.78 is 14.0. The average Bonchev–Trinajstić information content (AvgIpc) is 3.00. The summed E-state index contributed by atoms with van der Waals surface area (Å²) in [7, 11) is 0. The fourth-order valence-electron chi connectivity index (χ4n) is 3.41. The Morgan fingerprint density at radius 1 is 1.40 bits per heavy atom. The van der Waals surface area contributed by atoms with Gasteiger partial charge in [0.25, 0.3) is 0 Å². The first-order valence-corrected chi connectivity index (χ1v) is 7.06. The zero-order chi connectivity index (χ0) is 14.1. The zero-order valence-corrected chi connectivity index (χ0v) is 11.2. The SMILES string of the molecule is O=[N+]([O-])c1cccc(CNC2CCN3CCCC23)c1F. The van der Waals surface area contributed by atoms with Gasteiger partial charge >= 0.3 is 5.69 Å². The molecule has 0 aromatic heterocycles. The van der Waals surface area contributed by atoms with Gasteiger partial charge in [0, 0.05) is 36.8 Å². The van der Waals surface area contributed by atoms with Gasteiger partial charge in [-0.05, 0) is 25.8 Å². The van der Waals surface area contributed by atoms with Crippen molar-refractivity contribution in [2.24, 2.45) is 0 Å². The zero-order valence-electron chi connectivity index (χ0n) is 11.2. The number of halogens is 1. The van der Waals surface area contributed by atoms with Gasteiger partial charge in [0.2, 0.25) is 5.82 Å². The molecule has 2 heterocycles. The van der Waals surface area contributed by atoms with Gasteiger partial charge in [-0.2, -0.15) is 4.39 Å². The number of rotatable bonds is 4. The number of nitro benzene ring substituents is 1. The van der Waals surface area contributed by atoms with Crippen LogP contribution in [0.2, 0.25) is 0 Å². The number of hydrogen-bond donors (Lipinski definition) is 1. The van der Waals surface area contributed by atoms with Crippen LogP contribution < -0.4 is 5.32 Å². The Morgan fingerprint density at radius 2 is 2.25 bits per heavy atom. The molecule has 5 nitrogen and oxygen atoms in total. The molecule has 20 heavy (non-hydrogen) atoms. The highest BCUT2D eigenvalue weighted by atomic mass is 19.1. The van der Waals surface area contributed by atoms with Gasteiger partial charge in [-0.1, -0.05) is 12.1 Å². The number of nitro groups is 1. The minimum Gasteiger partial charge on any atom is -0.308 e. The first kappa shape index (κ1) is 13.5. The lowest BCUT2D eigenvalue weighted by atomic mass is 10.1. The van der Waals surface area contributed by atoms with Gasteiger partial charge in [0.1, 0.15) is 0 Å². The van der Waals surface area contributed by atoms with Gasteiger partial charge in [-0.3, -0.25) is 15.0 Å². The van der Waals surface area contributed by atoms with Crippen LogP contribution in [0, 0.1) is 15.9 Å². The molecule has 0 saturated carbocycles. The van der Waals surface area contributed by atoms with E-state index in [1.165, 1.54) is 25.0 Å². The Bertz CT molecular complexity index is 523. The molecule has 0 bridgehead atoms. The number of nitrogens with one attached hydrogen (secondary N) is 1. The van der Waals surface area contributed by atoms with Crippen molar-refractivity contribution in [2.75, 3.05) is 13.1 Å². The van der Waals surface area contributed by atoms with Crippen LogP contribution in [-0.4, -0.2) is 35.0 Å². The van der Waals surface area contributed by atoms with E-state index in [9.17, 15) is 14.5 Å². The molecule has 0 radical (unpaired) electrons. The second-order valence-electron chi connectivity index (χ2n) is 5.53. The Balaban J connectivity index is 1.67. The predicted octanol–water partition coefficient (Wildman–Crippen LogP) is 2.06. The maximum absolute atomic E-state index is 14.0. The quantitative estimate of drug-likeness (QED) is 0.677. The van der Waals surface area contributed by atoms with Crippen LogP contribution in [-0.2, 0) is 6.54 Å². The van der Waals surface area contributed by atoms with Crippen molar-refractivity contribution >= 4 is 5.69 Å². The molecule has 2 aliphatic rings. The normalized spacial score (nSPS) is 25.9. The summed E-state index contributed by atoms with van der Waals surface area (Å²) in [5.74, 6) is -0.716. The summed E-state index contributed by atoms with van der Waals surface area (Å²) in [5, 5.41) is 14.1. The maximum atomic E-state index is 14.0.